The SMILES string of the molecule is Cc1cc(NC(=O)CN(C(C)(C)C)S(C)(=O)=O)ccc1Br. The van der Waals surface area contributed by atoms with Gasteiger partial charge in [0.15, 0.2) is 0 Å². The average Bonchev–Trinajstić information content (AvgIpc) is 2.28. The van der Waals surface area contributed by atoms with Crippen LogP contribution in [0.15, 0.2) is 22.7 Å². The number of hydrogen-bond acceptors (Lipinski definition) is 3. The number of rotatable bonds is 4. The molecule has 0 atom stereocenters. The molecule has 0 aliphatic rings. The van der Waals surface area contributed by atoms with E-state index >= 15 is 0 Å². The van der Waals surface area contributed by atoms with Crippen molar-refractivity contribution in [2.75, 3.05) is 18.1 Å². The topological polar surface area (TPSA) is 66.5 Å². The van der Waals surface area contributed by atoms with Gasteiger partial charge in [-0.25, -0.2) is 8.42 Å². The first-order valence-electron chi connectivity index (χ1n) is 6.45. The van der Waals surface area contributed by atoms with Gasteiger partial charge in [0, 0.05) is 15.7 Å². The minimum absolute atomic E-state index is 0.211. The number of benzene rings is 1. The molecule has 1 aromatic carbocycles. The molecule has 5 nitrogen and oxygen atoms in total. The van der Waals surface area contributed by atoms with E-state index in [1.165, 1.54) is 4.31 Å². The fourth-order valence-electron chi connectivity index (χ4n) is 1.91. The van der Waals surface area contributed by atoms with Crippen LogP contribution in [-0.4, -0.2) is 37.0 Å². The Bertz CT molecular complexity index is 636. The van der Waals surface area contributed by atoms with E-state index < -0.39 is 15.6 Å². The van der Waals surface area contributed by atoms with Gasteiger partial charge in [-0.3, -0.25) is 4.79 Å². The second-order valence-corrected chi connectivity index (χ2v) is 8.71. The van der Waals surface area contributed by atoms with Crippen molar-refractivity contribution < 1.29 is 13.2 Å². The number of halogens is 1. The van der Waals surface area contributed by atoms with Gasteiger partial charge in [-0.05, 0) is 51.5 Å². The second-order valence-electron chi connectivity index (χ2n) is 5.95. The number of carbonyl (C=O) groups is 1. The average molecular weight is 377 g/mol. The van der Waals surface area contributed by atoms with Gasteiger partial charge in [-0.2, -0.15) is 4.31 Å². The molecule has 0 unspecified atom stereocenters. The molecule has 0 bridgehead atoms. The third-order valence-corrected chi connectivity index (χ3v) is 5.24. The molecule has 0 aliphatic heterocycles. The lowest BCUT2D eigenvalue weighted by Crippen LogP contribution is -2.48. The summed E-state index contributed by atoms with van der Waals surface area (Å²) in [6, 6.07) is 5.42. The van der Waals surface area contributed by atoms with Crippen molar-refractivity contribution in [1.29, 1.82) is 0 Å². The maximum atomic E-state index is 12.1. The monoisotopic (exact) mass is 376 g/mol. The molecular weight excluding hydrogens is 356 g/mol. The molecule has 0 saturated carbocycles. The molecule has 0 aromatic heterocycles. The zero-order valence-electron chi connectivity index (χ0n) is 12.9. The maximum Gasteiger partial charge on any atom is 0.239 e. The maximum absolute atomic E-state index is 12.1. The summed E-state index contributed by atoms with van der Waals surface area (Å²) in [4.78, 5) is 12.1. The van der Waals surface area contributed by atoms with Crippen LogP contribution < -0.4 is 5.32 Å². The Morgan fingerprint density at radius 1 is 1.33 bits per heavy atom. The summed E-state index contributed by atoms with van der Waals surface area (Å²) in [6.45, 7) is 6.97. The Labute approximate surface area is 134 Å². The van der Waals surface area contributed by atoms with E-state index in [-0.39, 0.29) is 12.5 Å². The number of sulfonamides is 1. The highest BCUT2D eigenvalue weighted by molar-refractivity contribution is 9.10. The van der Waals surface area contributed by atoms with Crippen LogP contribution in [0.3, 0.4) is 0 Å². The van der Waals surface area contributed by atoms with E-state index in [0.717, 1.165) is 16.3 Å². The molecule has 118 valence electrons. The fourth-order valence-corrected chi connectivity index (χ4v) is 3.50. The summed E-state index contributed by atoms with van der Waals surface area (Å²) >= 11 is 3.39. The van der Waals surface area contributed by atoms with Crippen LogP contribution in [-0.2, 0) is 14.8 Å². The van der Waals surface area contributed by atoms with Gasteiger partial charge < -0.3 is 5.32 Å². The molecule has 0 radical (unpaired) electrons. The largest absolute Gasteiger partial charge is 0.325 e. The summed E-state index contributed by atoms with van der Waals surface area (Å²) < 4.78 is 25.7. The number of nitrogens with zero attached hydrogens (tertiary/aromatic N) is 1. The number of anilines is 1. The van der Waals surface area contributed by atoms with E-state index in [9.17, 15) is 13.2 Å². The highest BCUT2D eigenvalue weighted by Gasteiger charge is 2.31. The fraction of sp³-hybridized carbons (Fsp3) is 0.500. The van der Waals surface area contributed by atoms with Crippen molar-refractivity contribution in [3.63, 3.8) is 0 Å². The first-order valence-corrected chi connectivity index (χ1v) is 9.09. The van der Waals surface area contributed by atoms with Crippen molar-refractivity contribution in [1.82, 2.24) is 4.31 Å². The van der Waals surface area contributed by atoms with Gasteiger partial charge in [0.05, 0.1) is 12.8 Å². The van der Waals surface area contributed by atoms with Crippen molar-refractivity contribution in [2.24, 2.45) is 0 Å². The normalized spacial score (nSPS) is 12.5. The van der Waals surface area contributed by atoms with Gasteiger partial charge in [-0.1, -0.05) is 15.9 Å². The third-order valence-electron chi connectivity index (χ3n) is 2.88. The Balaban J connectivity index is 2.86. The number of hydrogen-bond donors (Lipinski definition) is 1. The Kier molecular flexibility index (Phi) is 5.57. The Morgan fingerprint density at radius 3 is 2.33 bits per heavy atom. The Morgan fingerprint density at radius 2 is 1.90 bits per heavy atom. The summed E-state index contributed by atoms with van der Waals surface area (Å²) in [6.07, 6.45) is 1.11. The van der Waals surface area contributed by atoms with Gasteiger partial charge in [0.25, 0.3) is 0 Å². The summed E-state index contributed by atoms with van der Waals surface area (Å²) in [7, 11) is -3.46. The lowest BCUT2D eigenvalue weighted by atomic mass is 10.1. The van der Waals surface area contributed by atoms with E-state index in [0.29, 0.717) is 5.69 Å². The van der Waals surface area contributed by atoms with Gasteiger partial charge >= 0.3 is 0 Å². The molecule has 0 saturated heterocycles. The van der Waals surface area contributed by atoms with Crippen LogP contribution in [0, 0.1) is 6.92 Å². The molecule has 1 N–H and O–H groups in total. The van der Waals surface area contributed by atoms with Crippen LogP contribution in [0.4, 0.5) is 5.69 Å². The first-order chi connectivity index (χ1) is 9.41. The standard InChI is InChI=1S/C14H21BrN2O3S/c1-10-8-11(6-7-12(10)15)16-13(18)9-17(14(2,3)4)21(5,19)20/h6-8H,9H2,1-5H3,(H,16,18). The number of nitrogens with one attached hydrogen (secondary N) is 1. The van der Waals surface area contributed by atoms with E-state index in [1.54, 1.807) is 26.8 Å². The van der Waals surface area contributed by atoms with Crippen molar-refractivity contribution in [3.8, 4) is 0 Å². The second kappa shape index (κ2) is 6.46. The molecule has 7 heteroatoms. The lowest BCUT2D eigenvalue weighted by Gasteiger charge is -2.32. The minimum Gasteiger partial charge on any atom is -0.325 e. The molecule has 1 aromatic rings. The van der Waals surface area contributed by atoms with Gasteiger partial charge in [0.1, 0.15) is 0 Å². The summed E-state index contributed by atoms with van der Waals surface area (Å²) in [5.74, 6) is -0.364. The van der Waals surface area contributed by atoms with Crippen molar-refractivity contribution >= 4 is 37.5 Å². The van der Waals surface area contributed by atoms with E-state index in [2.05, 4.69) is 21.2 Å². The molecule has 1 rings (SSSR count). The number of aryl methyl sites for hydroxylation is 1. The molecular formula is C14H21BrN2O3S. The molecule has 0 spiro atoms. The smallest absolute Gasteiger partial charge is 0.239 e. The predicted molar refractivity (Wildman–Crippen MR) is 88.8 cm³/mol. The van der Waals surface area contributed by atoms with Crippen LogP contribution in [0.5, 0.6) is 0 Å². The number of carbonyl (C=O) groups excluding carboxylic acids is 1. The highest BCUT2D eigenvalue weighted by Crippen LogP contribution is 2.21. The lowest BCUT2D eigenvalue weighted by molar-refractivity contribution is -0.117. The number of amides is 1. The summed E-state index contributed by atoms with van der Waals surface area (Å²) in [5, 5.41) is 2.72. The van der Waals surface area contributed by atoms with Crippen LogP contribution in [0.1, 0.15) is 26.3 Å². The first kappa shape index (κ1) is 18.1. The zero-order chi connectivity index (χ0) is 16.4. The summed E-state index contributed by atoms with van der Waals surface area (Å²) in [5.41, 5.74) is 0.979. The molecule has 0 heterocycles. The zero-order valence-corrected chi connectivity index (χ0v) is 15.3. The van der Waals surface area contributed by atoms with Crippen molar-refractivity contribution in [3.05, 3.63) is 28.2 Å². The third kappa shape index (κ3) is 5.41. The van der Waals surface area contributed by atoms with Crippen LogP contribution in [0.2, 0.25) is 0 Å². The highest BCUT2D eigenvalue weighted by atomic mass is 79.9. The van der Waals surface area contributed by atoms with E-state index in [1.807, 2.05) is 19.1 Å². The van der Waals surface area contributed by atoms with Gasteiger partial charge in [0.2, 0.25) is 15.9 Å². The molecule has 1 amide bonds. The van der Waals surface area contributed by atoms with Crippen LogP contribution >= 0.6 is 15.9 Å². The molecule has 21 heavy (non-hydrogen) atoms. The minimum atomic E-state index is -3.46. The van der Waals surface area contributed by atoms with E-state index in [4.69, 9.17) is 0 Å². The van der Waals surface area contributed by atoms with Crippen LogP contribution in [0.25, 0.3) is 0 Å². The molecule has 0 fully saturated rings. The van der Waals surface area contributed by atoms with Gasteiger partial charge in [-0.15, -0.1) is 0 Å². The Hall–Kier alpha value is -0.920. The molecule has 0 aliphatic carbocycles. The van der Waals surface area contributed by atoms with Crippen molar-refractivity contribution in [2.45, 2.75) is 33.2 Å². The quantitative estimate of drug-likeness (QED) is 0.878. The predicted octanol–water partition coefficient (Wildman–Crippen LogP) is 2.76.